The topological polar surface area (TPSA) is 70.7 Å². The molecule has 6 heteroatoms. The van der Waals surface area contributed by atoms with Crippen LogP contribution in [0.15, 0.2) is 72.8 Å². The van der Waals surface area contributed by atoms with Crippen molar-refractivity contribution in [2.75, 3.05) is 11.9 Å². The summed E-state index contributed by atoms with van der Waals surface area (Å²) < 4.78 is 5.81. The number of aryl methyl sites for hydroxylation is 1. The van der Waals surface area contributed by atoms with Gasteiger partial charge in [-0.15, -0.1) is 0 Å². The second-order valence-electron chi connectivity index (χ2n) is 7.99. The maximum Gasteiger partial charge on any atom is 0.319 e. The van der Waals surface area contributed by atoms with E-state index in [0.29, 0.717) is 30.9 Å². The van der Waals surface area contributed by atoms with E-state index in [1.54, 1.807) is 12.1 Å². The Morgan fingerprint density at radius 3 is 2.34 bits per heavy atom. The predicted molar refractivity (Wildman–Crippen MR) is 125 cm³/mol. The smallest absolute Gasteiger partial charge is 0.319 e. The van der Waals surface area contributed by atoms with Crippen LogP contribution in [0.2, 0.25) is 0 Å². The van der Waals surface area contributed by atoms with Crippen LogP contribution < -0.4 is 15.4 Å². The molecular formula is C26H27N3O3. The molecule has 3 amide bonds. The van der Waals surface area contributed by atoms with Gasteiger partial charge in [0.1, 0.15) is 11.5 Å². The fourth-order valence-corrected chi connectivity index (χ4v) is 3.64. The predicted octanol–water partition coefficient (Wildman–Crippen LogP) is 5.23. The Morgan fingerprint density at radius 1 is 0.969 bits per heavy atom. The highest BCUT2D eigenvalue weighted by atomic mass is 16.5. The average molecular weight is 430 g/mol. The summed E-state index contributed by atoms with van der Waals surface area (Å²) in [4.78, 5) is 26.0. The van der Waals surface area contributed by atoms with Gasteiger partial charge in [-0.3, -0.25) is 4.79 Å². The van der Waals surface area contributed by atoms with Gasteiger partial charge in [0.2, 0.25) is 5.91 Å². The normalized spacial score (nSPS) is 13.2. The molecule has 1 saturated heterocycles. The molecule has 6 nitrogen and oxygen atoms in total. The number of ether oxygens (including phenoxy) is 1. The molecule has 1 heterocycles. The van der Waals surface area contributed by atoms with Crippen molar-refractivity contribution in [3.8, 4) is 11.5 Å². The third-order valence-electron chi connectivity index (χ3n) is 5.36. The minimum absolute atomic E-state index is 0.211. The molecule has 1 aliphatic rings. The van der Waals surface area contributed by atoms with Gasteiger partial charge < -0.3 is 20.3 Å². The third kappa shape index (κ3) is 5.88. The first-order valence-corrected chi connectivity index (χ1v) is 10.8. The number of hydrogen-bond acceptors (Lipinski definition) is 3. The molecule has 164 valence electrons. The van der Waals surface area contributed by atoms with Gasteiger partial charge in [-0.25, -0.2) is 4.79 Å². The van der Waals surface area contributed by atoms with E-state index in [0.717, 1.165) is 29.8 Å². The van der Waals surface area contributed by atoms with Gasteiger partial charge in [0.25, 0.3) is 0 Å². The molecular weight excluding hydrogens is 402 g/mol. The van der Waals surface area contributed by atoms with Crippen LogP contribution in [0, 0.1) is 6.92 Å². The summed E-state index contributed by atoms with van der Waals surface area (Å²) in [5, 5.41) is 5.71. The van der Waals surface area contributed by atoms with Crippen LogP contribution >= 0.6 is 0 Å². The summed E-state index contributed by atoms with van der Waals surface area (Å²) in [7, 11) is 0. The van der Waals surface area contributed by atoms with Crippen molar-refractivity contribution in [2.45, 2.75) is 32.9 Å². The minimum Gasteiger partial charge on any atom is -0.457 e. The standard InChI is InChI=1S/C26H27N3O3/c1-19-7-11-23(12-8-19)32-24-13-9-22(10-14-24)28-26(31)27-17-20-4-2-5-21(16-20)18-29-15-3-6-25(29)30/h2,4-5,7-14,16H,3,6,15,17-18H2,1H3,(H2,27,28,31). The Balaban J connectivity index is 1.26. The van der Waals surface area contributed by atoms with Crippen LogP contribution in [0.25, 0.3) is 0 Å². The lowest BCUT2D eigenvalue weighted by molar-refractivity contribution is -0.128. The number of amides is 3. The van der Waals surface area contributed by atoms with Gasteiger partial charge in [0.05, 0.1) is 0 Å². The van der Waals surface area contributed by atoms with Gasteiger partial charge in [-0.2, -0.15) is 0 Å². The maximum atomic E-state index is 12.3. The van der Waals surface area contributed by atoms with Crippen molar-refractivity contribution < 1.29 is 14.3 Å². The molecule has 3 aromatic rings. The zero-order chi connectivity index (χ0) is 22.3. The fourth-order valence-electron chi connectivity index (χ4n) is 3.64. The van der Waals surface area contributed by atoms with Crippen LogP contribution in [0.5, 0.6) is 11.5 Å². The summed E-state index contributed by atoms with van der Waals surface area (Å²) in [5.74, 6) is 1.68. The molecule has 32 heavy (non-hydrogen) atoms. The summed E-state index contributed by atoms with van der Waals surface area (Å²) >= 11 is 0. The van der Waals surface area contributed by atoms with Crippen molar-refractivity contribution in [3.63, 3.8) is 0 Å². The summed E-state index contributed by atoms with van der Waals surface area (Å²) in [6.07, 6.45) is 1.57. The first-order valence-electron chi connectivity index (χ1n) is 10.8. The van der Waals surface area contributed by atoms with Gasteiger partial charge in [0, 0.05) is 31.7 Å². The first kappa shape index (κ1) is 21.4. The molecule has 0 radical (unpaired) electrons. The van der Waals surface area contributed by atoms with Crippen molar-refractivity contribution in [1.82, 2.24) is 10.2 Å². The molecule has 0 unspecified atom stereocenters. The van der Waals surface area contributed by atoms with Crippen molar-refractivity contribution in [3.05, 3.63) is 89.5 Å². The van der Waals surface area contributed by atoms with Gasteiger partial charge in [-0.05, 0) is 60.9 Å². The minimum atomic E-state index is -0.280. The van der Waals surface area contributed by atoms with E-state index in [1.165, 1.54) is 5.56 Å². The van der Waals surface area contributed by atoms with Crippen LogP contribution in [-0.2, 0) is 17.9 Å². The van der Waals surface area contributed by atoms with Gasteiger partial charge >= 0.3 is 6.03 Å². The SMILES string of the molecule is Cc1ccc(Oc2ccc(NC(=O)NCc3cccc(CN4CCCC4=O)c3)cc2)cc1. The Bertz CT molecular complexity index is 1080. The first-order chi connectivity index (χ1) is 15.5. The number of likely N-dealkylation sites (tertiary alicyclic amines) is 1. The number of carbonyl (C=O) groups excluding carboxylic acids is 2. The lowest BCUT2D eigenvalue weighted by atomic mass is 10.1. The number of urea groups is 1. The van der Waals surface area contributed by atoms with Crippen LogP contribution in [0.4, 0.5) is 10.5 Å². The zero-order valence-corrected chi connectivity index (χ0v) is 18.1. The van der Waals surface area contributed by atoms with E-state index in [1.807, 2.05) is 72.5 Å². The van der Waals surface area contributed by atoms with E-state index in [4.69, 9.17) is 4.74 Å². The van der Waals surface area contributed by atoms with Crippen molar-refractivity contribution in [2.24, 2.45) is 0 Å². The lowest BCUT2D eigenvalue weighted by Crippen LogP contribution is -2.28. The monoisotopic (exact) mass is 429 g/mol. The maximum absolute atomic E-state index is 12.3. The Morgan fingerprint density at radius 2 is 1.66 bits per heavy atom. The number of nitrogens with one attached hydrogen (secondary N) is 2. The summed E-state index contributed by atoms with van der Waals surface area (Å²) in [6, 6.07) is 22.8. The Labute approximate surface area is 188 Å². The molecule has 0 aromatic heterocycles. The highest BCUT2D eigenvalue weighted by Crippen LogP contribution is 2.23. The highest BCUT2D eigenvalue weighted by Gasteiger charge is 2.19. The van der Waals surface area contributed by atoms with E-state index < -0.39 is 0 Å². The molecule has 2 N–H and O–H groups in total. The fraction of sp³-hybridized carbons (Fsp3) is 0.231. The zero-order valence-electron chi connectivity index (χ0n) is 18.1. The molecule has 0 spiro atoms. The van der Waals surface area contributed by atoms with Crippen molar-refractivity contribution in [1.29, 1.82) is 0 Å². The number of carbonyl (C=O) groups is 2. The molecule has 0 saturated carbocycles. The Kier molecular flexibility index (Phi) is 6.70. The van der Waals surface area contributed by atoms with Gasteiger partial charge in [0.15, 0.2) is 0 Å². The Hall–Kier alpha value is -3.80. The summed E-state index contributed by atoms with van der Waals surface area (Å²) in [5.41, 5.74) is 3.92. The molecule has 3 aromatic carbocycles. The van der Waals surface area contributed by atoms with E-state index >= 15 is 0 Å². The van der Waals surface area contributed by atoms with Crippen LogP contribution in [0.1, 0.15) is 29.5 Å². The van der Waals surface area contributed by atoms with E-state index in [-0.39, 0.29) is 11.9 Å². The van der Waals surface area contributed by atoms with Crippen molar-refractivity contribution >= 4 is 17.6 Å². The quantitative estimate of drug-likeness (QED) is 0.540. The van der Waals surface area contributed by atoms with E-state index in [9.17, 15) is 9.59 Å². The molecule has 4 rings (SSSR count). The largest absolute Gasteiger partial charge is 0.457 e. The second-order valence-corrected chi connectivity index (χ2v) is 7.99. The molecule has 0 bridgehead atoms. The molecule has 0 aliphatic carbocycles. The van der Waals surface area contributed by atoms with Crippen LogP contribution in [0.3, 0.4) is 0 Å². The van der Waals surface area contributed by atoms with Gasteiger partial charge in [-0.1, -0.05) is 42.0 Å². The third-order valence-corrected chi connectivity index (χ3v) is 5.36. The van der Waals surface area contributed by atoms with E-state index in [2.05, 4.69) is 10.6 Å². The number of benzene rings is 3. The molecule has 0 atom stereocenters. The second kappa shape index (κ2) is 10.0. The summed E-state index contributed by atoms with van der Waals surface area (Å²) in [6.45, 7) is 3.87. The number of anilines is 1. The number of rotatable bonds is 7. The lowest BCUT2D eigenvalue weighted by Gasteiger charge is -2.16. The van der Waals surface area contributed by atoms with Crippen LogP contribution in [-0.4, -0.2) is 23.4 Å². The number of hydrogen-bond donors (Lipinski definition) is 2. The number of nitrogens with zero attached hydrogens (tertiary/aromatic N) is 1. The molecule has 1 fully saturated rings. The average Bonchev–Trinajstić information content (AvgIpc) is 3.20. The highest BCUT2D eigenvalue weighted by molar-refractivity contribution is 5.89. The molecule has 1 aliphatic heterocycles.